The van der Waals surface area contributed by atoms with Gasteiger partial charge in [-0.05, 0) is 112 Å². The first-order chi connectivity index (χ1) is 16.3. The molecule has 0 atom stereocenters. The van der Waals surface area contributed by atoms with Crippen LogP contribution in [0.1, 0.15) is 31.8 Å². The van der Waals surface area contributed by atoms with E-state index in [1.807, 2.05) is 0 Å². The van der Waals surface area contributed by atoms with Crippen molar-refractivity contribution in [3.63, 3.8) is 0 Å². The average molecular weight is 722 g/mol. The second-order valence-corrected chi connectivity index (χ2v) is 9.99. The highest BCUT2D eigenvalue weighted by Gasteiger charge is 2.20. The van der Waals surface area contributed by atoms with E-state index in [1.165, 1.54) is 14.2 Å². The first-order valence-corrected chi connectivity index (χ1v) is 12.9. The lowest BCUT2D eigenvalue weighted by Gasteiger charge is -2.18. The Labute approximate surface area is 230 Å². The molecule has 0 N–H and O–H groups in total. The zero-order chi connectivity index (χ0) is 24.8. The van der Waals surface area contributed by atoms with Crippen LogP contribution in [-0.2, 0) is 22.7 Å². The molecule has 0 heterocycles. The van der Waals surface area contributed by atoms with Crippen molar-refractivity contribution in [2.45, 2.75) is 13.2 Å². The van der Waals surface area contributed by atoms with Gasteiger partial charge in [-0.3, -0.25) is 0 Å². The van der Waals surface area contributed by atoms with Crippen LogP contribution in [0.4, 0.5) is 0 Å². The highest BCUT2D eigenvalue weighted by molar-refractivity contribution is 9.14. The standard InChI is InChI=1S/C24H18Br4O6/c1-31-23(29)13-3-7-15(8-4-13)33-11-17-19(25)21(27)18(22(28)20(17)26)12-34-16-9-5-14(6-10-16)24(30)32-2/h3-10H,11-12H2,1-2H3. The lowest BCUT2D eigenvalue weighted by molar-refractivity contribution is 0.0591. The molecular formula is C24H18Br4O6. The van der Waals surface area contributed by atoms with E-state index in [0.717, 1.165) is 29.0 Å². The number of methoxy groups -OCH3 is 2. The number of carbonyl (C=O) groups is 2. The number of carbonyl (C=O) groups excluding carboxylic acids is 2. The van der Waals surface area contributed by atoms with E-state index >= 15 is 0 Å². The summed E-state index contributed by atoms with van der Waals surface area (Å²) in [5.74, 6) is 0.423. The Balaban J connectivity index is 1.73. The molecule has 0 aliphatic heterocycles. The van der Waals surface area contributed by atoms with Gasteiger partial charge in [0.05, 0.1) is 25.3 Å². The summed E-state index contributed by atoms with van der Waals surface area (Å²) in [6.07, 6.45) is 0. The summed E-state index contributed by atoms with van der Waals surface area (Å²) in [7, 11) is 2.68. The van der Waals surface area contributed by atoms with Crippen LogP contribution >= 0.6 is 63.7 Å². The van der Waals surface area contributed by atoms with Crippen molar-refractivity contribution in [3.05, 3.63) is 88.7 Å². The van der Waals surface area contributed by atoms with E-state index in [2.05, 4.69) is 63.7 Å². The predicted octanol–water partition coefficient (Wildman–Crippen LogP) is 7.47. The molecule has 10 heteroatoms. The molecule has 3 aromatic rings. The van der Waals surface area contributed by atoms with Crippen LogP contribution in [-0.4, -0.2) is 26.2 Å². The summed E-state index contributed by atoms with van der Waals surface area (Å²) in [5, 5.41) is 0. The number of benzene rings is 3. The van der Waals surface area contributed by atoms with Crippen molar-refractivity contribution in [1.29, 1.82) is 0 Å². The van der Waals surface area contributed by atoms with Gasteiger partial charge in [0.15, 0.2) is 0 Å². The maximum absolute atomic E-state index is 11.6. The third kappa shape index (κ3) is 6.21. The lowest BCUT2D eigenvalue weighted by Crippen LogP contribution is -2.05. The SMILES string of the molecule is COC(=O)c1ccc(OCc2c(Br)c(Br)c(COc3ccc(C(=O)OC)cc3)c(Br)c2Br)cc1. The summed E-state index contributed by atoms with van der Waals surface area (Å²) in [6, 6.07) is 13.4. The Bertz CT molecular complexity index is 1070. The molecule has 0 amide bonds. The molecule has 0 unspecified atom stereocenters. The summed E-state index contributed by atoms with van der Waals surface area (Å²) in [4.78, 5) is 23.2. The molecule has 34 heavy (non-hydrogen) atoms. The van der Waals surface area contributed by atoms with Crippen LogP contribution in [0.15, 0.2) is 66.4 Å². The fraction of sp³-hybridized carbons (Fsp3) is 0.167. The van der Waals surface area contributed by atoms with Gasteiger partial charge in [0.1, 0.15) is 24.7 Å². The third-order valence-corrected chi connectivity index (χ3v) is 9.33. The van der Waals surface area contributed by atoms with Gasteiger partial charge in [0, 0.05) is 29.0 Å². The maximum atomic E-state index is 11.6. The fourth-order valence-electron chi connectivity index (χ4n) is 2.90. The Morgan fingerprint density at radius 3 is 1.15 bits per heavy atom. The second-order valence-electron chi connectivity index (χ2n) is 6.82. The number of halogens is 4. The Kier molecular flexibility index (Phi) is 9.58. The number of hydrogen-bond donors (Lipinski definition) is 0. The Hall–Kier alpha value is -1.88. The predicted molar refractivity (Wildman–Crippen MR) is 141 cm³/mol. The van der Waals surface area contributed by atoms with E-state index in [1.54, 1.807) is 48.5 Å². The van der Waals surface area contributed by atoms with E-state index in [4.69, 9.17) is 18.9 Å². The van der Waals surface area contributed by atoms with Gasteiger partial charge in [0.2, 0.25) is 0 Å². The smallest absolute Gasteiger partial charge is 0.337 e. The van der Waals surface area contributed by atoms with Crippen LogP contribution in [0.3, 0.4) is 0 Å². The van der Waals surface area contributed by atoms with Gasteiger partial charge in [-0.2, -0.15) is 0 Å². The molecule has 6 nitrogen and oxygen atoms in total. The first-order valence-electron chi connectivity index (χ1n) is 9.72. The van der Waals surface area contributed by atoms with E-state index < -0.39 is 11.9 Å². The summed E-state index contributed by atoms with van der Waals surface area (Å²) >= 11 is 14.6. The van der Waals surface area contributed by atoms with Gasteiger partial charge in [-0.15, -0.1) is 0 Å². The molecule has 0 spiro atoms. The first kappa shape index (κ1) is 26.7. The van der Waals surface area contributed by atoms with Crippen molar-refractivity contribution >= 4 is 75.7 Å². The van der Waals surface area contributed by atoms with Crippen molar-refractivity contribution in [2.75, 3.05) is 14.2 Å². The molecule has 0 aromatic heterocycles. The second kappa shape index (κ2) is 12.2. The van der Waals surface area contributed by atoms with Crippen molar-refractivity contribution in [2.24, 2.45) is 0 Å². The monoisotopic (exact) mass is 718 g/mol. The van der Waals surface area contributed by atoms with Gasteiger partial charge < -0.3 is 18.9 Å². The number of esters is 2. The molecule has 178 valence electrons. The van der Waals surface area contributed by atoms with Crippen LogP contribution < -0.4 is 9.47 Å². The molecular weight excluding hydrogens is 704 g/mol. The van der Waals surface area contributed by atoms with Crippen LogP contribution in [0.2, 0.25) is 0 Å². The summed E-state index contributed by atoms with van der Waals surface area (Å²) in [6.45, 7) is 0.540. The van der Waals surface area contributed by atoms with Crippen molar-refractivity contribution < 1.29 is 28.5 Å². The van der Waals surface area contributed by atoms with Crippen LogP contribution in [0, 0.1) is 0 Å². The summed E-state index contributed by atoms with van der Waals surface area (Å²) < 4.78 is 24.5. The minimum absolute atomic E-state index is 0.270. The fourth-order valence-corrected chi connectivity index (χ4v) is 5.64. The van der Waals surface area contributed by atoms with Crippen molar-refractivity contribution in [3.8, 4) is 11.5 Å². The number of rotatable bonds is 8. The molecule has 0 saturated carbocycles. The maximum Gasteiger partial charge on any atom is 0.337 e. The molecule has 0 aliphatic carbocycles. The molecule has 0 radical (unpaired) electrons. The average Bonchev–Trinajstić information content (AvgIpc) is 2.87. The minimum Gasteiger partial charge on any atom is -0.489 e. The zero-order valence-corrected chi connectivity index (χ0v) is 24.3. The quantitative estimate of drug-likeness (QED) is 0.178. The molecule has 0 fully saturated rings. The normalized spacial score (nSPS) is 10.5. The molecule has 0 saturated heterocycles. The largest absolute Gasteiger partial charge is 0.489 e. The lowest BCUT2D eigenvalue weighted by atomic mass is 10.1. The van der Waals surface area contributed by atoms with E-state index in [-0.39, 0.29) is 13.2 Å². The van der Waals surface area contributed by atoms with E-state index in [9.17, 15) is 9.59 Å². The minimum atomic E-state index is -0.401. The summed E-state index contributed by atoms with van der Waals surface area (Å²) in [5.41, 5.74) is 2.66. The third-order valence-electron chi connectivity index (χ3n) is 4.76. The number of ether oxygens (including phenoxy) is 4. The molecule has 0 aliphatic rings. The zero-order valence-electron chi connectivity index (χ0n) is 18.0. The Morgan fingerprint density at radius 2 is 0.882 bits per heavy atom. The van der Waals surface area contributed by atoms with Gasteiger partial charge >= 0.3 is 11.9 Å². The molecule has 3 aromatic carbocycles. The van der Waals surface area contributed by atoms with Gasteiger partial charge in [-0.25, -0.2) is 9.59 Å². The highest BCUT2D eigenvalue weighted by atomic mass is 79.9. The molecule has 3 rings (SSSR count). The van der Waals surface area contributed by atoms with Crippen LogP contribution in [0.5, 0.6) is 11.5 Å². The van der Waals surface area contributed by atoms with Gasteiger partial charge in [-0.1, -0.05) is 0 Å². The Morgan fingerprint density at radius 1 is 0.588 bits per heavy atom. The van der Waals surface area contributed by atoms with Crippen LogP contribution in [0.25, 0.3) is 0 Å². The molecule has 0 bridgehead atoms. The van der Waals surface area contributed by atoms with E-state index in [0.29, 0.717) is 22.6 Å². The highest BCUT2D eigenvalue weighted by Crippen LogP contribution is 2.42. The topological polar surface area (TPSA) is 71.1 Å². The number of hydrogen-bond acceptors (Lipinski definition) is 6. The van der Waals surface area contributed by atoms with Crippen molar-refractivity contribution in [1.82, 2.24) is 0 Å². The van der Waals surface area contributed by atoms with Gasteiger partial charge in [0.25, 0.3) is 0 Å².